The smallest absolute Gasteiger partial charge is 0.00369 e. The Balaban J connectivity index is 1.86. The lowest BCUT2D eigenvalue weighted by atomic mass is 9.87. The molecule has 0 bridgehead atoms. The molecule has 0 spiro atoms. The standard InChI is InChI=1S/C11H24N2/c12-8-4-9-13-10-7-11-5-2-1-3-6-11/h11,13H,1-10,12H2. The van der Waals surface area contributed by atoms with Crippen molar-refractivity contribution in [1.29, 1.82) is 0 Å². The average molecular weight is 184 g/mol. The highest BCUT2D eigenvalue weighted by atomic mass is 14.8. The molecule has 0 unspecified atom stereocenters. The van der Waals surface area contributed by atoms with Gasteiger partial charge in [-0.2, -0.15) is 0 Å². The van der Waals surface area contributed by atoms with Gasteiger partial charge >= 0.3 is 0 Å². The largest absolute Gasteiger partial charge is 0.330 e. The van der Waals surface area contributed by atoms with E-state index in [0.717, 1.165) is 25.4 Å². The Labute approximate surface area is 82.3 Å². The Kier molecular flexibility index (Phi) is 6.21. The summed E-state index contributed by atoms with van der Waals surface area (Å²) in [5, 5.41) is 3.45. The summed E-state index contributed by atoms with van der Waals surface area (Å²) < 4.78 is 0. The zero-order valence-electron chi connectivity index (χ0n) is 8.73. The summed E-state index contributed by atoms with van der Waals surface area (Å²) in [7, 11) is 0. The van der Waals surface area contributed by atoms with Crippen molar-refractivity contribution >= 4 is 0 Å². The Morgan fingerprint density at radius 2 is 1.85 bits per heavy atom. The molecule has 2 nitrogen and oxygen atoms in total. The van der Waals surface area contributed by atoms with Crippen molar-refractivity contribution in [3.05, 3.63) is 0 Å². The Bertz CT molecular complexity index is 109. The van der Waals surface area contributed by atoms with Crippen LogP contribution >= 0.6 is 0 Å². The molecule has 2 heteroatoms. The van der Waals surface area contributed by atoms with Gasteiger partial charge in [0.2, 0.25) is 0 Å². The molecule has 0 radical (unpaired) electrons. The van der Waals surface area contributed by atoms with E-state index in [1.807, 2.05) is 0 Å². The first-order valence-electron chi connectivity index (χ1n) is 5.84. The van der Waals surface area contributed by atoms with Crippen LogP contribution in [-0.2, 0) is 0 Å². The van der Waals surface area contributed by atoms with E-state index in [1.165, 1.54) is 45.1 Å². The molecule has 0 aromatic heterocycles. The third kappa shape index (κ3) is 5.27. The third-order valence-corrected chi connectivity index (χ3v) is 3.01. The highest BCUT2D eigenvalue weighted by Gasteiger charge is 2.11. The summed E-state index contributed by atoms with van der Waals surface area (Å²) >= 11 is 0. The fourth-order valence-corrected chi connectivity index (χ4v) is 2.13. The molecule has 13 heavy (non-hydrogen) atoms. The zero-order valence-corrected chi connectivity index (χ0v) is 8.73. The van der Waals surface area contributed by atoms with Crippen LogP contribution in [0.3, 0.4) is 0 Å². The Hall–Kier alpha value is -0.0800. The molecule has 0 amide bonds. The molecule has 0 atom stereocenters. The van der Waals surface area contributed by atoms with E-state index >= 15 is 0 Å². The summed E-state index contributed by atoms with van der Waals surface area (Å²) in [6.07, 6.45) is 9.84. The van der Waals surface area contributed by atoms with E-state index in [9.17, 15) is 0 Å². The summed E-state index contributed by atoms with van der Waals surface area (Å²) in [5.41, 5.74) is 5.41. The first-order chi connectivity index (χ1) is 6.43. The minimum Gasteiger partial charge on any atom is -0.330 e. The van der Waals surface area contributed by atoms with E-state index in [1.54, 1.807) is 0 Å². The van der Waals surface area contributed by atoms with Gasteiger partial charge in [-0.3, -0.25) is 0 Å². The van der Waals surface area contributed by atoms with Crippen molar-refractivity contribution < 1.29 is 0 Å². The van der Waals surface area contributed by atoms with Gasteiger partial charge in [-0.1, -0.05) is 32.1 Å². The number of nitrogens with one attached hydrogen (secondary N) is 1. The summed E-state index contributed by atoms with van der Waals surface area (Å²) in [4.78, 5) is 0. The van der Waals surface area contributed by atoms with Gasteiger partial charge in [0.05, 0.1) is 0 Å². The van der Waals surface area contributed by atoms with Gasteiger partial charge < -0.3 is 11.1 Å². The normalized spacial score (nSPS) is 19.2. The van der Waals surface area contributed by atoms with E-state index in [-0.39, 0.29) is 0 Å². The number of rotatable bonds is 6. The van der Waals surface area contributed by atoms with Crippen LogP contribution in [0.15, 0.2) is 0 Å². The Morgan fingerprint density at radius 3 is 2.54 bits per heavy atom. The van der Waals surface area contributed by atoms with Gasteiger partial charge in [-0.25, -0.2) is 0 Å². The first-order valence-corrected chi connectivity index (χ1v) is 5.84. The molecule has 3 N–H and O–H groups in total. The molecule has 0 aromatic rings. The van der Waals surface area contributed by atoms with Crippen LogP contribution in [0.1, 0.15) is 44.9 Å². The fraction of sp³-hybridized carbons (Fsp3) is 1.00. The highest BCUT2D eigenvalue weighted by molar-refractivity contribution is 4.66. The maximum absolute atomic E-state index is 5.41. The number of hydrogen-bond donors (Lipinski definition) is 2. The second-order valence-corrected chi connectivity index (χ2v) is 4.18. The molecule has 0 aliphatic heterocycles. The van der Waals surface area contributed by atoms with Crippen LogP contribution in [-0.4, -0.2) is 19.6 Å². The minimum absolute atomic E-state index is 0.816. The molecular weight excluding hydrogens is 160 g/mol. The second kappa shape index (κ2) is 7.34. The molecule has 0 saturated heterocycles. The van der Waals surface area contributed by atoms with Crippen LogP contribution in [0.2, 0.25) is 0 Å². The van der Waals surface area contributed by atoms with E-state index in [0.29, 0.717) is 0 Å². The van der Waals surface area contributed by atoms with E-state index in [4.69, 9.17) is 5.73 Å². The van der Waals surface area contributed by atoms with Crippen LogP contribution in [0.25, 0.3) is 0 Å². The maximum atomic E-state index is 5.41. The second-order valence-electron chi connectivity index (χ2n) is 4.18. The molecule has 1 aliphatic carbocycles. The monoisotopic (exact) mass is 184 g/mol. The molecule has 1 fully saturated rings. The van der Waals surface area contributed by atoms with Crippen molar-refractivity contribution in [2.75, 3.05) is 19.6 Å². The molecule has 1 aliphatic rings. The van der Waals surface area contributed by atoms with Crippen LogP contribution in [0, 0.1) is 5.92 Å². The first kappa shape index (κ1) is 11.0. The van der Waals surface area contributed by atoms with Gasteiger partial charge in [0.25, 0.3) is 0 Å². The SMILES string of the molecule is NCCCNCCC1CCCCC1. The van der Waals surface area contributed by atoms with Crippen LogP contribution in [0.4, 0.5) is 0 Å². The highest BCUT2D eigenvalue weighted by Crippen LogP contribution is 2.25. The topological polar surface area (TPSA) is 38.0 Å². The summed E-state index contributed by atoms with van der Waals surface area (Å²) in [6, 6.07) is 0. The number of nitrogens with two attached hydrogens (primary N) is 1. The molecule has 78 valence electrons. The predicted molar refractivity (Wildman–Crippen MR) is 57.7 cm³/mol. The predicted octanol–water partition coefficient (Wildman–Crippen LogP) is 1.90. The van der Waals surface area contributed by atoms with Gasteiger partial charge in [0, 0.05) is 0 Å². The van der Waals surface area contributed by atoms with Gasteiger partial charge in [-0.15, -0.1) is 0 Å². The minimum atomic E-state index is 0.816. The lowest BCUT2D eigenvalue weighted by Crippen LogP contribution is -2.22. The van der Waals surface area contributed by atoms with E-state index < -0.39 is 0 Å². The average Bonchev–Trinajstić information content (AvgIpc) is 2.19. The van der Waals surface area contributed by atoms with Gasteiger partial charge in [-0.05, 0) is 38.4 Å². The summed E-state index contributed by atoms with van der Waals surface area (Å²) in [5.74, 6) is 1.01. The van der Waals surface area contributed by atoms with Crippen LogP contribution in [0.5, 0.6) is 0 Å². The van der Waals surface area contributed by atoms with Gasteiger partial charge in [0.1, 0.15) is 0 Å². The molecule has 1 saturated carbocycles. The lowest BCUT2D eigenvalue weighted by molar-refractivity contribution is 0.334. The summed E-state index contributed by atoms with van der Waals surface area (Å²) in [6.45, 7) is 3.12. The number of hydrogen-bond acceptors (Lipinski definition) is 2. The molecule has 0 aromatic carbocycles. The van der Waals surface area contributed by atoms with Crippen molar-refractivity contribution in [1.82, 2.24) is 5.32 Å². The Morgan fingerprint density at radius 1 is 1.08 bits per heavy atom. The maximum Gasteiger partial charge on any atom is -0.00369 e. The fourth-order valence-electron chi connectivity index (χ4n) is 2.13. The van der Waals surface area contributed by atoms with Crippen molar-refractivity contribution in [3.8, 4) is 0 Å². The molecular formula is C11H24N2. The molecule has 0 heterocycles. The van der Waals surface area contributed by atoms with E-state index in [2.05, 4.69) is 5.32 Å². The van der Waals surface area contributed by atoms with Crippen LogP contribution < -0.4 is 11.1 Å². The molecule has 1 rings (SSSR count). The zero-order chi connectivity index (χ0) is 9.36. The van der Waals surface area contributed by atoms with Crippen molar-refractivity contribution in [2.45, 2.75) is 44.9 Å². The lowest BCUT2D eigenvalue weighted by Gasteiger charge is -2.21. The quantitative estimate of drug-likeness (QED) is 0.619. The van der Waals surface area contributed by atoms with Crippen molar-refractivity contribution in [3.63, 3.8) is 0 Å². The van der Waals surface area contributed by atoms with Crippen molar-refractivity contribution in [2.24, 2.45) is 11.7 Å². The van der Waals surface area contributed by atoms with Gasteiger partial charge in [0.15, 0.2) is 0 Å². The third-order valence-electron chi connectivity index (χ3n) is 3.01.